The van der Waals surface area contributed by atoms with Crippen LogP contribution in [0.2, 0.25) is 0 Å². The van der Waals surface area contributed by atoms with Gasteiger partial charge in [-0.2, -0.15) is 0 Å². The van der Waals surface area contributed by atoms with Crippen LogP contribution in [0, 0.1) is 0 Å². The maximum atomic E-state index is 6.03. The van der Waals surface area contributed by atoms with Crippen LogP contribution >= 0.6 is 0 Å². The van der Waals surface area contributed by atoms with E-state index in [1.54, 1.807) is 0 Å². The van der Waals surface area contributed by atoms with Crippen molar-refractivity contribution in [1.29, 1.82) is 0 Å². The van der Waals surface area contributed by atoms with E-state index in [9.17, 15) is 0 Å². The van der Waals surface area contributed by atoms with E-state index in [-0.39, 0.29) is 0 Å². The molecule has 90 valence electrons. The number of benzene rings is 1. The Balaban J connectivity index is 2.27. The third-order valence-electron chi connectivity index (χ3n) is 3.03. The second-order valence-electron chi connectivity index (χ2n) is 4.46. The number of nitrogens with two attached hydrogens (primary N) is 1. The predicted molar refractivity (Wildman–Crippen MR) is 73.2 cm³/mol. The highest BCUT2D eigenvalue weighted by molar-refractivity contribution is 5.84. The first kappa shape index (κ1) is 11.7. The third-order valence-corrected chi connectivity index (χ3v) is 3.03. The van der Waals surface area contributed by atoms with E-state index < -0.39 is 0 Å². The maximum absolute atomic E-state index is 6.03. The number of aliphatic imine (C=N–C) groups is 1. The molecule has 1 aromatic carbocycles. The summed E-state index contributed by atoms with van der Waals surface area (Å²) in [5.74, 6) is 0.621. The first-order valence-corrected chi connectivity index (χ1v) is 6.02. The molecule has 2 rings (SSSR count). The Morgan fingerprint density at radius 3 is 2.59 bits per heavy atom. The van der Waals surface area contributed by atoms with Gasteiger partial charge in [0, 0.05) is 18.7 Å². The Hall–Kier alpha value is -1.77. The molecule has 0 saturated carbocycles. The van der Waals surface area contributed by atoms with Gasteiger partial charge in [-0.1, -0.05) is 24.8 Å². The second-order valence-corrected chi connectivity index (χ2v) is 4.46. The average Bonchev–Trinajstić information content (AvgIpc) is 2.83. The van der Waals surface area contributed by atoms with Gasteiger partial charge in [-0.3, -0.25) is 0 Å². The van der Waals surface area contributed by atoms with Gasteiger partial charge in [0.2, 0.25) is 0 Å². The molecule has 17 heavy (non-hydrogen) atoms. The molecule has 0 bridgehead atoms. The molecule has 1 heterocycles. The lowest BCUT2D eigenvalue weighted by molar-refractivity contribution is 0.513. The van der Waals surface area contributed by atoms with Crippen molar-refractivity contribution in [3.8, 4) is 0 Å². The van der Waals surface area contributed by atoms with Crippen LogP contribution in [0.3, 0.4) is 0 Å². The van der Waals surface area contributed by atoms with Gasteiger partial charge in [0.25, 0.3) is 0 Å². The maximum Gasteiger partial charge on any atom is 0.196 e. The van der Waals surface area contributed by atoms with E-state index in [0.29, 0.717) is 5.96 Å². The minimum atomic E-state index is 0.621. The number of hydrogen-bond donors (Lipinski definition) is 1. The Morgan fingerprint density at radius 2 is 1.94 bits per heavy atom. The number of guanidine groups is 1. The molecule has 1 fully saturated rings. The summed E-state index contributed by atoms with van der Waals surface area (Å²) in [4.78, 5) is 6.66. The fourth-order valence-corrected chi connectivity index (χ4v) is 2.07. The van der Waals surface area contributed by atoms with Crippen LogP contribution in [0.4, 0.5) is 5.69 Å². The van der Waals surface area contributed by atoms with Crippen LogP contribution in [0.5, 0.6) is 0 Å². The monoisotopic (exact) mass is 229 g/mol. The Labute approximate surface area is 103 Å². The standard InChI is InChI=1S/C14H19N3/c1-11(2)12-7-3-4-8-13(12)16-14(15)17-9-5-6-10-17/h3-4,7-8H,1,5-6,9-10H2,2H3,(H2,15,16). The zero-order valence-electron chi connectivity index (χ0n) is 10.3. The molecule has 0 aromatic heterocycles. The average molecular weight is 229 g/mol. The van der Waals surface area contributed by atoms with E-state index in [4.69, 9.17) is 5.73 Å². The fourth-order valence-electron chi connectivity index (χ4n) is 2.07. The van der Waals surface area contributed by atoms with Gasteiger partial charge in [-0.05, 0) is 31.4 Å². The summed E-state index contributed by atoms with van der Waals surface area (Å²) in [7, 11) is 0. The molecule has 0 radical (unpaired) electrons. The quantitative estimate of drug-likeness (QED) is 0.626. The molecule has 3 heteroatoms. The SMILES string of the molecule is C=C(C)c1ccccc1N=C(N)N1CCCC1. The van der Waals surface area contributed by atoms with Crippen LogP contribution in [-0.2, 0) is 0 Å². The van der Waals surface area contributed by atoms with Gasteiger partial charge in [0.15, 0.2) is 5.96 Å². The summed E-state index contributed by atoms with van der Waals surface area (Å²) in [6, 6.07) is 7.98. The molecule has 0 spiro atoms. The summed E-state index contributed by atoms with van der Waals surface area (Å²) in [5.41, 5.74) is 9.01. The van der Waals surface area contributed by atoms with Crippen molar-refractivity contribution in [2.24, 2.45) is 10.7 Å². The molecule has 0 unspecified atom stereocenters. The molecule has 2 N–H and O–H groups in total. The highest BCUT2D eigenvalue weighted by Gasteiger charge is 2.13. The minimum Gasteiger partial charge on any atom is -0.369 e. The van der Waals surface area contributed by atoms with Gasteiger partial charge < -0.3 is 10.6 Å². The summed E-state index contributed by atoms with van der Waals surface area (Å²) >= 11 is 0. The normalized spacial score (nSPS) is 16.3. The Kier molecular flexibility index (Phi) is 3.47. The molecule has 0 amide bonds. The van der Waals surface area contributed by atoms with Crippen LogP contribution in [0.25, 0.3) is 5.57 Å². The zero-order valence-corrected chi connectivity index (χ0v) is 10.3. The van der Waals surface area contributed by atoms with Crippen molar-refractivity contribution in [3.63, 3.8) is 0 Å². The highest BCUT2D eigenvalue weighted by Crippen LogP contribution is 2.25. The van der Waals surface area contributed by atoms with Crippen molar-refractivity contribution in [2.45, 2.75) is 19.8 Å². The van der Waals surface area contributed by atoms with Crippen LogP contribution < -0.4 is 5.73 Å². The van der Waals surface area contributed by atoms with Crippen molar-refractivity contribution >= 4 is 17.2 Å². The van der Waals surface area contributed by atoms with Crippen LogP contribution in [0.15, 0.2) is 35.8 Å². The molecular formula is C14H19N3. The van der Waals surface area contributed by atoms with Crippen LogP contribution in [-0.4, -0.2) is 23.9 Å². The topological polar surface area (TPSA) is 41.6 Å². The van der Waals surface area contributed by atoms with E-state index in [0.717, 1.165) is 29.9 Å². The van der Waals surface area contributed by atoms with Gasteiger partial charge in [0.1, 0.15) is 0 Å². The molecule has 0 aliphatic carbocycles. The van der Waals surface area contributed by atoms with Crippen molar-refractivity contribution in [3.05, 3.63) is 36.4 Å². The summed E-state index contributed by atoms with van der Waals surface area (Å²) in [6.07, 6.45) is 2.41. The highest BCUT2D eigenvalue weighted by atomic mass is 15.3. The fraction of sp³-hybridized carbons (Fsp3) is 0.357. The van der Waals surface area contributed by atoms with Crippen molar-refractivity contribution in [2.75, 3.05) is 13.1 Å². The first-order chi connectivity index (χ1) is 8.18. The number of allylic oxidation sites excluding steroid dienone is 1. The lowest BCUT2D eigenvalue weighted by atomic mass is 10.1. The van der Waals surface area contributed by atoms with Gasteiger partial charge in [-0.15, -0.1) is 0 Å². The molecule has 3 nitrogen and oxygen atoms in total. The second kappa shape index (κ2) is 5.04. The lowest BCUT2D eigenvalue weighted by Gasteiger charge is -2.16. The summed E-state index contributed by atoms with van der Waals surface area (Å²) in [6.45, 7) is 7.99. The molecule has 1 saturated heterocycles. The zero-order chi connectivity index (χ0) is 12.3. The molecule has 1 aliphatic heterocycles. The van der Waals surface area contributed by atoms with Crippen LogP contribution in [0.1, 0.15) is 25.3 Å². The third kappa shape index (κ3) is 2.67. The molecule has 1 aromatic rings. The minimum absolute atomic E-state index is 0.621. The van der Waals surface area contributed by atoms with Gasteiger partial charge in [-0.25, -0.2) is 4.99 Å². The van der Waals surface area contributed by atoms with Gasteiger partial charge >= 0.3 is 0 Å². The van der Waals surface area contributed by atoms with E-state index in [2.05, 4.69) is 16.5 Å². The van der Waals surface area contributed by atoms with Crippen molar-refractivity contribution < 1.29 is 0 Å². The molecular weight excluding hydrogens is 210 g/mol. The van der Waals surface area contributed by atoms with Crippen molar-refractivity contribution in [1.82, 2.24) is 4.90 Å². The summed E-state index contributed by atoms with van der Waals surface area (Å²) in [5, 5.41) is 0. The number of hydrogen-bond acceptors (Lipinski definition) is 1. The van der Waals surface area contributed by atoms with E-state index in [1.807, 2.05) is 31.2 Å². The number of likely N-dealkylation sites (tertiary alicyclic amines) is 1. The van der Waals surface area contributed by atoms with E-state index >= 15 is 0 Å². The first-order valence-electron chi connectivity index (χ1n) is 6.02. The number of para-hydroxylation sites is 1. The van der Waals surface area contributed by atoms with E-state index in [1.165, 1.54) is 12.8 Å². The Morgan fingerprint density at radius 1 is 1.29 bits per heavy atom. The van der Waals surface area contributed by atoms with Gasteiger partial charge in [0.05, 0.1) is 5.69 Å². The predicted octanol–water partition coefficient (Wildman–Crippen LogP) is 2.76. The molecule has 0 atom stereocenters. The largest absolute Gasteiger partial charge is 0.369 e. The molecule has 1 aliphatic rings. The Bertz CT molecular complexity index is 443. The number of rotatable bonds is 2. The summed E-state index contributed by atoms with van der Waals surface area (Å²) < 4.78 is 0. The lowest BCUT2D eigenvalue weighted by Crippen LogP contribution is -2.34. The number of nitrogens with zero attached hydrogens (tertiary/aromatic N) is 2. The smallest absolute Gasteiger partial charge is 0.196 e.